The summed E-state index contributed by atoms with van der Waals surface area (Å²) in [6.07, 6.45) is 5.35. The van der Waals surface area contributed by atoms with Crippen LogP contribution in [0.3, 0.4) is 0 Å². The minimum absolute atomic E-state index is 0.0751. The molecule has 0 atom stereocenters. The third-order valence-corrected chi connectivity index (χ3v) is 4.92. The van der Waals surface area contributed by atoms with E-state index in [0.717, 1.165) is 18.7 Å². The van der Waals surface area contributed by atoms with E-state index in [1.807, 2.05) is 11.8 Å². The van der Waals surface area contributed by atoms with Gasteiger partial charge < -0.3 is 4.90 Å². The second-order valence-electron chi connectivity index (χ2n) is 6.34. The molecule has 8 nitrogen and oxygen atoms in total. The van der Waals surface area contributed by atoms with Gasteiger partial charge in [-0.2, -0.15) is 10.2 Å². The molecule has 0 aromatic carbocycles. The van der Waals surface area contributed by atoms with E-state index in [0.29, 0.717) is 37.6 Å². The Morgan fingerprint density at radius 1 is 1.36 bits per heavy atom. The molecule has 0 spiro atoms. The molecule has 1 saturated heterocycles. The summed E-state index contributed by atoms with van der Waals surface area (Å²) < 4.78 is 4.80. The molecular weight excluding hydrogens is 344 g/mol. The highest BCUT2D eigenvalue weighted by Gasteiger charge is 2.27. The molecule has 0 unspecified atom stereocenters. The number of carbonyl (C=O) groups excluding carboxylic acids is 1. The number of rotatable bonds is 5. The maximum absolute atomic E-state index is 12.4. The Morgan fingerprint density at radius 2 is 2.08 bits per heavy atom. The molecule has 0 radical (unpaired) electrons. The Bertz CT molecular complexity index is 800. The zero-order valence-electron chi connectivity index (χ0n) is 14.6. The number of likely N-dealkylation sites (tertiary alicyclic amines) is 1. The van der Waals surface area contributed by atoms with Crippen LogP contribution in [0.15, 0.2) is 17.2 Å². The average molecular weight is 367 g/mol. The Kier molecular flexibility index (Phi) is 5.27. The first-order valence-electron chi connectivity index (χ1n) is 8.59. The normalized spacial score (nSPS) is 15.7. The van der Waals surface area contributed by atoms with Gasteiger partial charge in [0.2, 0.25) is 5.91 Å². The first-order valence-corrected chi connectivity index (χ1v) is 8.96. The molecule has 2 aromatic rings. The fourth-order valence-corrected chi connectivity index (χ4v) is 3.49. The lowest BCUT2D eigenvalue weighted by atomic mass is 9.95. The second-order valence-corrected chi connectivity index (χ2v) is 6.77. The van der Waals surface area contributed by atoms with Gasteiger partial charge in [0.05, 0.1) is 11.2 Å². The summed E-state index contributed by atoms with van der Waals surface area (Å²) in [6.45, 7) is 4.48. The first-order chi connectivity index (χ1) is 12.0. The average Bonchev–Trinajstić information content (AvgIpc) is 3.16. The van der Waals surface area contributed by atoms with Gasteiger partial charge >= 0.3 is 5.69 Å². The zero-order chi connectivity index (χ0) is 18.0. The summed E-state index contributed by atoms with van der Waals surface area (Å²) in [5.74, 6) is 1.19. The number of aryl methyl sites for hydroxylation is 2. The number of nitrogens with zero attached hydrogens (tertiary/aromatic N) is 6. The molecule has 1 amide bonds. The van der Waals surface area contributed by atoms with Gasteiger partial charge in [0.15, 0.2) is 0 Å². The van der Waals surface area contributed by atoms with Crippen LogP contribution >= 0.6 is 11.6 Å². The number of amides is 1. The molecule has 1 aliphatic heterocycles. The summed E-state index contributed by atoms with van der Waals surface area (Å²) in [5.41, 5.74) is -0.0751. The van der Waals surface area contributed by atoms with E-state index in [2.05, 4.69) is 10.2 Å². The quantitative estimate of drug-likeness (QED) is 0.797. The number of hydrogen-bond acceptors (Lipinski definition) is 4. The second kappa shape index (κ2) is 7.43. The minimum atomic E-state index is -0.0751. The highest BCUT2D eigenvalue weighted by atomic mass is 35.5. The summed E-state index contributed by atoms with van der Waals surface area (Å²) in [6, 6.07) is 0. The van der Waals surface area contributed by atoms with Crippen molar-refractivity contribution in [1.82, 2.24) is 29.0 Å². The first kappa shape index (κ1) is 17.7. The van der Waals surface area contributed by atoms with Crippen molar-refractivity contribution in [2.75, 3.05) is 13.1 Å². The van der Waals surface area contributed by atoms with Gasteiger partial charge in [-0.3, -0.25) is 14.0 Å². The van der Waals surface area contributed by atoms with Crippen LogP contribution in [0, 0.1) is 0 Å². The topological polar surface area (TPSA) is 78.0 Å². The van der Waals surface area contributed by atoms with Crippen molar-refractivity contribution >= 4 is 17.5 Å². The minimum Gasteiger partial charge on any atom is -0.343 e. The molecule has 1 aliphatic rings. The molecule has 25 heavy (non-hydrogen) atoms. The van der Waals surface area contributed by atoms with Crippen LogP contribution in [-0.4, -0.2) is 48.0 Å². The molecule has 3 rings (SSSR count). The number of carbonyl (C=O) groups is 1. The van der Waals surface area contributed by atoms with Gasteiger partial charge in [-0.1, -0.05) is 11.6 Å². The van der Waals surface area contributed by atoms with E-state index >= 15 is 0 Å². The Morgan fingerprint density at radius 3 is 2.68 bits per heavy atom. The van der Waals surface area contributed by atoms with Gasteiger partial charge in [0.1, 0.15) is 5.82 Å². The van der Waals surface area contributed by atoms with Gasteiger partial charge in [-0.15, -0.1) is 0 Å². The summed E-state index contributed by atoms with van der Waals surface area (Å²) in [7, 11) is 1.68. The number of hydrogen-bond donors (Lipinski definition) is 0. The largest absolute Gasteiger partial charge is 0.345 e. The molecule has 0 bridgehead atoms. The molecule has 0 saturated carbocycles. The molecule has 9 heteroatoms. The molecular formula is C16H23ClN6O2. The molecule has 136 valence electrons. The smallest absolute Gasteiger partial charge is 0.343 e. The van der Waals surface area contributed by atoms with E-state index < -0.39 is 0 Å². The van der Waals surface area contributed by atoms with Crippen molar-refractivity contribution in [1.29, 1.82) is 0 Å². The maximum Gasteiger partial charge on any atom is 0.345 e. The van der Waals surface area contributed by atoms with Crippen molar-refractivity contribution in [3.63, 3.8) is 0 Å². The lowest BCUT2D eigenvalue weighted by Crippen LogP contribution is -2.39. The Hall–Kier alpha value is -2.09. The van der Waals surface area contributed by atoms with Crippen LogP contribution in [-0.2, 0) is 24.9 Å². The predicted molar refractivity (Wildman–Crippen MR) is 93.6 cm³/mol. The number of aromatic nitrogens is 5. The van der Waals surface area contributed by atoms with Gasteiger partial charge in [0, 0.05) is 51.8 Å². The van der Waals surface area contributed by atoms with Crippen molar-refractivity contribution in [2.24, 2.45) is 7.05 Å². The lowest BCUT2D eigenvalue weighted by Gasteiger charge is -2.31. The third kappa shape index (κ3) is 3.78. The molecule has 1 fully saturated rings. The Labute approximate surface area is 151 Å². The molecule has 2 aromatic heterocycles. The van der Waals surface area contributed by atoms with Crippen LogP contribution in [0.1, 0.15) is 37.9 Å². The van der Waals surface area contributed by atoms with Crippen LogP contribution in [0.2, 0.25) is 5.02 Å². The molecule has 0 N–H and O–H groups in total. The zero-order valence-corrected chi connectivity index (χ0v) is 15.3. The Balaban J connectivity index is 1.55. The molecule has 0 aliphatic carbocycles. The fraction of sp³-hybridized carbons (Fsp3) is 0.625. The standard InChI is InChI=1S/C16H23ClN6O2/c1-3-23-15(19-20(2)16(23)25)12-4-7-21(8-5-12)14(24)6-9-22-11-13(17)10-18-22/h10-12H,3-9H2,1-2H3. The van der Waals surface area contributed by atoms with Crippen molar-refractivity contribution in [2.45, 2.75) is 45.2 Å². The van der Waals surface area contributed by atoms with Crippen LogP contribution in [0.4, 0.5) is 0 Å². The van der Waals surface area contributed by atoms with Crippen molar-refractivity contribution < 1.29 is 4.79 Å². The summed E-state index contributed by atoms with van der Waals surface area (Å²) >= 11 is 5.83. The highest BCUT2D eigenvalue weighted by Crippen LogP contribution is 2.26. The van der Waals surface area contributed by atoms with Crippen LogP contribution in [0.5, 0.6) is 0 Å². The van der Waals surface area contributed by atoms with Crippen LogP contribution in [0.25, 0.3) is 0 Å². The highest BCUT2D eigenvalue weighted by molar-refractivity contribution is 6.30. The van der Waals surface area contributed by atoms with Gasteiger partial charge in [-0.05, 0) is 19.8 Å². The van der Waals surface area contributed by atoms with Crippen molar-refractivity contribution in [3.8, 4) is 0 Å². The fourth-order valence-electron chi connectivity index (χ4n) is 3.34. The van der Waals surface area contributed by atoms with E-state index in [-0.39, 0.29) is 17.5 Å². The molecule has 3 heterocycles. The SMILES string of the molecule is CCn1c(C2CCN(C(=O)CCn3cc(Cl)cn3)CC2)nn(C)c1=O. The van der Waals surface area contributed by atoms with Crippen molar-refractivity contribution in [3.05, 3.63) is 33.7 Å². The number of halogens is 1. The third-order valence-electron chi connectivity index (χ3n) is 4.72. The van der Waals surface area contributed by atoms with E-state index in [4.69, 9.17) is 11.6 Å². The van der Waals surface area contributed by atoms with Gasteiger partial charge in [0.25, 0.3) is 0 Å². The van der Waals surface area contributed by atoms with Crippen LogP contribution < -0.4 is 5.69 Å². The summed E-state index contributed by atoms with van der Waals surface area (Å²) in [5, 5.41) is 9.05. The lowest BCUT2D eigenvalue weighted by molar-refractivity contribution is -0.132. The van der Waals surface area contributed by atoms with E-state index in [1.165, 1.54) is 4.68 Å². The summed E-state index contributed by atoms with van der Waals surface area (Å²) in [4.78, 5) is 26.3. The van der Waals surface area contributed by atoms with Gasteiger partial charge in [-0.25, -0.2) is 9.48 Å². The maximum atomic E-state index is 12.4. The van der Waals surface area contributed by atoms with E-state index in [1.54, 1.807) is 28.7 Å². The predicted octanol–water partition coefficient (Wildman–Crippen LogP) is 1.25. The monoisotopic (exact) mass is 366 g/mol. The van der Waals surface area contributed by atoms with E-state index in [9.17, 15) is 9.59 Å². The number of piperidine rings is 1.